The summed E-state index contributed by atoms with van der Waals surface area (Å²) in [6.45, 7) is 2.52. The minimum absolute atomic E-state index is 0.151. The van der Waals surface area contributed by atoms with Crippen LogP contribution in [0.5, 0.6) is 0 Å². The number of aryl methyl sites for hydroxylation is 2. The molecule has 4 nitrogen and oxygen atoms in total. The van der Waals surface area contributed by atoms with Gasteiger partial charge >= 0.3 is 0 Å². The van der Waals surface area contributed by atoms with Crippen molar-refractivity contribution in [1.82, 2.24) is 9.97 Å². The molecule has 0 N–H and O–H groups in total. The molecular weight excluding hydrogens is 338 g/mol. The van der Waals surface area contributed by atoms with Gasteiger partial charge in [0, 0.05) is 16.3 Å². The Morgan fingerprint density at radius 3 is 3.08 bits per heavy atom. The summed E-state index contributed by atoms with van der Waals surface area (Å²) in [6, 6.07) is 4.27. The molecule has 24 heavy (non-hydrogen) atoms. The molecule has 124 valence electrons. The number of thiophene rings is 2. The summed E-state index contributed by atoms with van der Waals surface area (Å²) >= 11 is 3.64. The highest BCUT2D eigenvalue weighted by atomic mass is 32.1. The monoisotopic (exact) mass is 357 g/mol. The van der Waals surface area contributed by atoms with E-state index in [2.05, 4.69) is 27.4 Å². The zero-order chi connectivity index (χ0) is 15.9. The number of ether oxygens (including phenoxy) is 1. The second-order valence-electron chi connectivity index (χ2n) is 6.41. The van der Waals surface area contributed by atoms with E-state index in [9.17, 15) is 0 Å². The van der Waals surface area contributed by atoms with E-state index in [1.54, 1.807) is 17.7 Å². The smallest absolute Gasteiger partial charge is 0.141 e. The number of morpholine rings is 1. The van der Waals surface area contributed by atoms with Crippen LogP contribution in [0, 0.1) is 0 Å². The second-order valence-corrected chi connectivity index (χ2v) is 8.47. The van der Waals surface area contributed by atoms with Crippen LogP contribution in [0.25, 0.3) is 10.2 Å². The SMILES string of the molecule is c1csc(C2CN(c3ncnc4sc5c(c34)CCCC5)CCO2)c1. The molecule has 1 fully saturated rings. The van der Waals surface area contributed by atoms with Gasteiger partial charge in [0.05, 0.1) is 18.5 Å². The van der Waals surface area contributed by atoms with E-state index in [1.165, 1.54) is 46.4 Å². The van der Waals surface area contributed by atoms with E-state index < -0.39 is 0 Å². The van der Waals surface area contributed by atoms with Crippen LogP contribution < -0.4 is 4.90 Å². The highest BCUT2D eigenvalue weighted by Crippen LogP contribution is 2.40. The summed E-state index contributed by atoms with van der Waals surface area (Å²) in [5, 5.41) is 3.43. The van der Waals surface area contributed by atoms with Gasteiger partial charge < -0.3 is 9.64 Å². The number of aromatic nitrogens is 2. The van der Waals surface area contributed by atoms with Gasteiger partial charge in [0.2, 0.25) is 0 Å². The van der Waals surface area contributed by atoms with Gasteiger partial charge in [-0.25, -0.2) is 9.97 Å². The van der Waals surface area contributed by atoms with Crippen molar-refractivity contribution in [3.63, 3.8) is 0 Å². The quantitative estimate of drug-likeness (QED) is 0.689. The van der Waals surface area contributed by atoms with E-state index >= 15 is 0 Å². The zero-order valence-electron chi connectivity index (χ0n) is 13.4. The Kier molecular flexibility index (Phi) is 3.76. The van der Waals surface area contributed by atoms with Crippen LogP contribution in [0.1, 0.15) is 34.3 Å². The maximum Gasteiger partial charge on any atom is 0.141 e. The Hall–Kier alpha value is -1.50. The van der Waals surface area contributed by atoms with Crippen LogP contribution in [-0.4, -0.2) is 29.7 Å². The van der Waals surface area contributed by atoms with E-state index in [1.807, 2.05) is 11.3 Å². The summed E-state index contributed by atoms with van der Waals surface area (Å²) < 4.78 is 6.01. The van der Waals surface area contributed by atoms with Gasteiger partial charge in [0.25, 0.3) is 0 Å². The average molecular weight is 358 g/mol. The van der Waals surface area contributed by atoms with Crippen molar-refractivity contribution in [1.29, 1.82) is 0 Å². The summed E-state index contributed by atoms with van der Waals surface area (Å²) in [7, 11) is 0. The molecule has 1 unspecified atom stereocenters. The van der Waals surface area contributed by atoms with E-state index in [4.69, 9.17) is 9.72 Å². The molecule has 0 aromatic carbocycles. The molecule has 0 saturated carbocycles. The Bertz CT molecular complexity index is 859. The molecule has 0 amide bonds. The molecule has 4 heterocycles. The number of hydrogen-bond donors (Lipinski definition) is 0. The number of nitrogens with zero attached hydrogens (tertiary/aromatic N) is 3. The van der Waals surface area contributed by atoms with Gasteiger partial charge in [-0.1, -0.05) is 6.07 Å². The predicted molar refractivity (Wildman–Crippen MR) is 99.3 cm³/mol. The minimum atomic E-state index is 0.151. The molecule has 1 aliphatic heterocycles. The van der Waals surface area contributed by atoms with Crippen LogP contribution >= 0.6 is 22.7 Å². The Morgan fingerprint density at radius 1 is 1.21 bits per heavy atom. The lowest BCUT2D eigenvalue weighted by Crippen LogP contribution is -2.38. The van der Waals surface area contributed by atoms with Gasteiger partial charge in [0.15, 0.2) is 0 Å². The summed E-state index contributed by atoms with van der Waals surface area (Å²) in [5.41, 5.74) is 1.51. The lowest BCUT2D eigenvalue weighted by atomic mass is 9.97. The molecule has 3 aromatic heterocycles. The summed E-state index contributed by atoms with van der Waals surface area (Å²) in [4.78, 5) is 15.7. The largest absolute Gasteiger partial charge is 0.369 e. The van der Waals surface area contributed by atoms with Crippen LogP contribution in [0.4, 0.5) is 5.82 Å². The maximum absolute atomic E-state index is 6.01. The third kappa shape index (κ3) is 2.44. The molecule has 5 rings (SSSR count). The molecule has 0 bridgehead atoms. The molecule has 2 aliphatic rings. The van der Waals surface area contributed by atoms with Crippen molar-refractivity contribution in [2.45, 2.75) is 31.8 Å². The topological polar surface area (TPSA) is 38.2 Å². The van der Waals surface area contributed by atoms with Crippen LogP contribution in [0.3, 0.4) is 0 Å². The molecule has 0 spiro atoms. The zero-order valence-corrected chi connectivity index (χ0v) is 15.0. The first kappa shape index (κ1) is 14.8. The van der Waals surface area contributed by atoms with Gasteiger partial charge in [-0.15, -0.1) is 22.7 Å². The predicted octanol–water partition coefficient (Wildman–Crippen LogP) is 4.21. The highest BCUT2D eigenvalue weighted by Gasteiger charge is 2.27. The third-order valence-corrected chi connectivity index (χ3v) is 7.12. The fourth-order valence-corrected chi connectivity index (χ4v) is 5.79. The number of fused-ring (bicyclic) bond motifs is 3. The second kappa shape index (κ2) is 6.10. The maximum atomic E-state index is 6.01. The molecular formula is C18H19N3OS2. The molecule has 6 heteroatoms. The van der Waals surface area contributed by atoms with Crippen molar-refractivity contribution in [2.24, 2.45) is 0 Å². The van der Waals surface area contributed by atoms with Crippen molar-refractivity contribution < 1.29 is 4.74 Å². The first-order valence-corrected chi connectivity index (χ1v) is 10.2. The standard InChI is InChI=1S/C18H19N3OS2/c1-2-5-14-12(4-1)16-17(19-11-20-18(16)24-14)21-7-8-22-13(10-21)15-6-3-9-23-15/h3,6,9,11,13H,1-2,4-5,7-8,10H2. The van der Waals surface area contributed by atoms with E-state index in [0.29, 0.717) is 0 Å². The molecule has 1 aliphatic carbocycles. The highest BCUT2D eigenvalue weighted by molar-refractivity contribution is 7.19. The Balaban J connectivity index is 1.55. The minimum Gasteiger partial charge on any atom is -0.369 e. The Labute approximate surface area is 149 Å². The summed E-state index contributed by atoms with van der Waals surface area (Å²) in [6.07, 6.45) is 6.85. The van der Waals surface area contributed by atoms with E-state index in [0.717, 1.165) is 30.3 Å². The number of hydrogen-bond acceptors (Lipinski definition) is 6. The number of rotatable bonds is 2. The van der Waals surface area contributed by atoms with Crippen molar-refractivity contribution in [2.75, 3.05) is 24.6 Å². The fraction of sp³-hybridized carbons (Fsp3) is 0.444. The van der Waals surface area contributed by atoms with Crippen LogP contribution in [-0.2, 0) is 17.6 Å². The van der Waals surface area contributed by atoms with Gasteiger partial charge in [-0.05, 0) is 42.7 Å². The Morgan fingerprint density at radius 2 is 2.17 bits per heavy atom. The molecule has 1 saturated heterocycles. The van der Waals surface area contributed by atoms with E-state index in [-0.39, 0.29) is 6.10 Å². The molecule has 3 aromatic rings. The lowest BCUT2D eigenvalue weighted by molar-refractivity contribution is 0.0419. The van der Waals surface area contributed by atoms with Crippen LogP contribution in [0.2, 0.25) is 0 Å². The van der Waals surface area contributed by atoms with Crippen molar-refractivity contribution in [3.05, 3.63) is 39.2 Å². The van der Waals surface area contributed by atoms with Gasteiger partial charge in [-0.3, -0.25) is 0 Å². The van der Waals surface area contributed by atoms with Gasteiger partial charge in [0.1, 0.15) is 23.1 Å². The first-order chi connectivity index (χ1) is 11.9. The average Bonchev–Trinajstić information content (AvgIpc) is 3.29. The third-order valence-electron chi connectivity index (χ3n) is 4.96. The normalized spacial score (nSPS) is 21.2. The summed E-state index contributed by atoms with van der Waals surface area (Å²) in [5.74, 6) is 1.12. The molecule has 0 radical (unpaired) electrons. The first-order valence-electron chi connectivity index (χ1n) is 8.55. The lowest BCUT2D eigenvalue weighted by Gasteiger charge is -2.33. The fourth-order valence-electron chi connectivity index (χ4n) is 3.80. The van der Waals surface area contributed by atoms with Crippen molar-refractivity contribution in [3.8, 4) is 0 Å². The van der Waals surface area contributed by atoms with Crippen molar-refractivity contribution >= 4 is 38.7 Å². The number of anilines is 1. The van der Waals surface area contributed by atoms with Gasteiger partial charge in [-0.2, -0.15) is 0 Å². The van der Waals surface area contributed by atoms with Crippen LogP contribution in [0.15, 0.2) is 23.8 Å². The molecule has 1 atom stereocenters.